The van der Waals surface area contributed by atoms with Gasteiger partial charge in [-0.1, -0.05) is 29.8 Å². The number of benzene rings is 3. The molecule has 0 unspecified atom stereocenters. The van der Waals surface area contributed by atoms with Gasteiger partial charge in [0.2, 0.25) is 0 Å². The van der Waals surface area contributed by atoms with Gasteiger partial charge in [-0.25, -0.2) is 5.43 Å². The molecule has 36 heavy (non-hydrogen) atoms. The number of hydrogen-bond donors (Lipinski definition) is 2. The van der Waals surface area contributed by atoms with Gasteiger partial charge in [-0.3, -0.25) is 29.8 Å². The monoisotopic (exact) mass is 523 g/mol. The molecule has 0 radical (unpaired) electrons. The molecule has 4 rings (SSSR count). The number of amides is 2. The highest BCUT2D eigenvalue weighted by Gasteiger charge is 2.19. The average Bonchev–Trinajstić information content (AvgIpc) is 3.21. The number of carbonyl (C=O) groups excluding carboxylic acids is 2. The summed E-state index contributed by atoms with van der Waals surface area (Å²) in [6.07, 6.45) is 1.02. The Bertz CT molecular complexity index is 1550. The van der Waals surface area contributed by atoms with E-state index in [4.69, 9.17) is 11.6 Å². The molecule has 3 aromatic carbocycles. The van der Waals surface area contributed by atoms with Crippen LogP contribution >= 0.6 is 22.9 Å². The predicted molar refractivity (Wildman–Crippen MR) is 136 cm³/mol. The largest absolute Gasteiger partial charge is 0.321 e. The van der Waals surface area contributed by atoms with Gasteiger partial charge in [0.15, 0.2) is 0 Å². The van der Waals surface area contributed by atoms with Crippen LogP contribution in [0.3, 0.4) is 0 Å². The molecule has 4 aromatic rings. The molecular weight excluding hydrogens is 510 g/mol. The number of nitrogens with zero attached hydrogens (tertiary/aromatic N) is 3. The summed E-state index contributed by atoms with van der Waals surface area (Å²) in [4.78, 5) is 45.8. The van der Waals surface area contributed by atoms with E-state index in [1.165, 1.54) is 35.6 Å². The summed E-state index contributed by atoms with van der Waals surface area (Å²) >= 11 is 7.61. The lowest BCUT2D eigenvalue weighted by atomic mass is 10.2. The number of nitro benzene ring substituents is 2. The lowest BCUT2D eigenvalue weighted by molar-refractivity contribution is -0.394. The number of nitro groups is 2. The highest BCUT2D eigenvalue weighted by atomic mass is 35.5. The van der Waals surface area contributed by atoms with Crippen LogP contribution in [0.25, 0.3) is 10.1 Å². The number of hydrazone groups is 1. The lowest BCUT2D eigenvalue weighted by Crippen LogP contribution is -2.18. The van der Waals surface area contributed by atoms with Crippen LogP contribution in [0, 0.1) is 20.2 Å². The van der Waals surface area contributed by atoms with Crippen LogP contribution in [0.15, 0.2) is 71.8 Å². The molecule has 0 bridgehead atoms. The summed E-state index contributed by atoms with van der Waals surface area (Å²) in [6.45, 7) is 0. The Morgan fingerprint density at radius 2 is 1.67 bits per heavy atom. The van der Waals surface area contributed by atoms with Gasteiger partial charge in [0.1, 0.15) is 4.88 Å². The molecule has 2 N–H and O–H groups in total. The molecule has 1 heterocycles. The van der Waals surface area contributed by atoms with Crippen LogP contribution in [-0.4, -0.2) is 27.9 Å². The first-order chi connectivity index (χ1) is 17.2. The second-order valence-electron chi connectivity index (χ2n) is 7.23. The molecule has 13 heteroatoms. The number of nitrogens with one attached hydrogen (secondary N) is 2. The zero-order valence-electron chi connectivity index (χ0n) is 18.0. The van der Waals surface area contributed by atoms with E-state index in [1.54, 1.807) is 0 Å². The maximum Gasteiger partial charge on any atom is 0.285 e. The Hall–Kier alpha value is -4.68. The van der Waals surface area contributed by atoms with Crippen molar-refractivity contribution in [3.8, 4) is 0 Å². The molecule has 0 saturated carbocycles. The highest BCUT2D eigenvalue weighted by molar-refractivity contribution is 7.21. The molecule has 11 nitrogen and oxygen atoms in total. The van der Waals surface area contributed by atoms with E-state index in [9.17, 15) is 29.8 Å². The Balaban J connectivity index is 1.41. The molecule has 180 valence electrons. The summed E-state index contributed by atoms with van der Waals surface area (Å²) in [6, 6.07) is 16.4. The first-order valence-corrected chi connectivity index (χ1v) is 11.3. The fourth-order valence-electron chi connectivity index (χ4n) is 3.19. The molecule has 0 saturated heterocycles. The zero-order chi connectivity index (χ0) is 25.8. The van der Waals surface area contributed by atoms with Crippen LogP contribution in [0.4, 0.5) is 17.1 Å². The van der Waals surface area contributed by atoms with Crippen molar-refractivity contribution >= 4 is 68.1 Å². The second-order valence-corrected chi connectivity index (χ2v) is 8.66. The van der Waals surface area contributed by atoms with Gasteiger partial charge in [0.25, 0.3) is 23.2 Å². The molecule has 0 aliphatic rings. The van der Waals surface area contributed by atoms with Gasteiger partial charge in [0.05, 0.1) is 32.7 Å². The third-order valence-electron chi connectivity index (χ3n) is 4.94. The first kappa shape index (κ1) is 24.4. The third kappa shape index (κ3) is 5.19. The normalized spacial score (nSPS) is 10.9. The van der Waals surface area contributed by atoms with Gasteiger partial charge in [-0.2, -0.15) is 5.10 Å². The van der Waals surface area contributed by atoms with Crippen LogP contribution in [0.5, 0.6) is 0 Å². The minimum atomic E-state index is -0.783. The van der Waals surface area contributed by atoms with E-state index in [0.29, 0.717) is 15.6 Å². The molecule has 0 aliphatic carbocycles. The van der Waals surface area contributed by atoms with E-state index < -0.39 is 27.1 Å². The van der Waals surface area contributed by atoms with E-state index in [1.807, 2.05) is 24.3 Å². The zero-order valence-corrected chi connectivity index (χ0v) is 19.6. The Labute approximate surface area is 211 Å². The van der Waals surface area contributed by atoms with Crippen molar-refractivity contribution in [1.82, 2.24) is 5.43 Å². The number of rotatable bonds is 7. The van der Waals surface area contributed by atoms with Gasteiger partial charge < -0.3 is 5.32 Å². The summed E-state index contributed by atoms with van der Waals surface area (Å²) in [5, 5.41) is 29.6. The topological polar surface area (TPSA) is 157 Å². The SMILES string of the molecule is O=C(N/N=C\c1ccc([N+](=O)[O-])cc1[N+](=O)[O-])c1ccc(NC(=O)c2sc3ccccc3c2Cl)cc1. The number of non-ortho nitro benzene ring substituents is 1. The summed E-state index contributed by atoms with van der Waals surface area (Å²) in [7, 11) is 0. The van der Waals surface area contributed by atoms with Crippen LogP contribution < -0.4 is 10.7 Å². The minimum Gasteiger partial charge on any atom is -0.321 e. The maximum atomic E-state index is 12.7. The number of anilines is 1. The Kier molecular flexibility index (Phi) is 6.99. The van der Waals surface area contributed by atoms with Crippen molar-refractivity contribution in [3.05, 3.63) is 108 Å². The van der Waals surface area contributed by atoms with E-state index in [2.05, 4.69) is 15.8 Å². The van der Waals surface area contributed by atoms with Gasteiger partial charge in [-0.05, 0) is 36.4 Å². The smallest absolute Gasteiger partial charge is 0.285 e. The number of hydrogen-bond acceptors (Lipinski definition) is 8. The number of carbonyl (C=O) groups is 2. The number of halogens is 1. The Morgan fingerprint density at radius 1 is 0.944 bits per heavy atom. The molecule has 1 aromatic heterocycles. The molecule has 0 spiro atoms. The fraction of sp³-hybridized carbons (Fsp3) is 0. The van der Waals surface area contributed by atoms with Crippen molar-refractivity contribution < 1.29 is 19.4 Å². The number of fused-ring (bicyclic) bond motifs is 1. The van der Waals surface area contributed by atoms with Gasteiger partial charge in [-0.15, -0.1) is 11.3 Å². The van der Waals surface area contributed by atoms with Crippen molar-refractivity contribution in [3.63, 3.8) is 0 Å². The first-order valence-electron chi connectivity index (χ1n) is 10.1. The predicted octanol–water partition coefficient (Wildman–Crippen LogP) is 5.39. The summed E-state index contributed by atoms with van der Waals surface area (Å²) in [5.41, 5.74) is 1.89. The summed E-state index contributed by atoms with van der Waals surface area (Å²) < 4.78 is 0.888. The van der Waals surface area contributed by atoms with Gasteiger partial charge in [0, 0.05) is 27.4 Å². The minimum absolute atomic E-state index is 0.0242. The molecule has 0 fully saturated rings. The van der Waals surface area contributed by atoms with Crippen molar-refractivity contribution in [2.45, 2.75) is 0 Å². The van der Waals surface area contributed by atoms with Gasteiger partial charge >= 0.3 is 0 Å². The fourth-order valence-corrected chi connectivity index (χ4v) is 4.60. The summed E-state index contributed by atoms with van der Waals surface area (Å²) in [5.74, 6) is -0.992. The quantitative estimate of drug-likeness (QED) is 0.188. The molecular formula is C23H14ClN5O6S. The Morgan fingerprint density at radius 3 is 2.33 bits per heavy atom. The van der Waals surface area contributed by atoms with Crippen LogP contribution in [0.1, 0.15) is 25.6 Å². The standard InChI is InChI=1S/C23H14ClN5O6S/c24-20-17-3-1-2-4-19(17)36-21(20)23(31)26-15-8-5-13(6-9-15)22(30)27-25-12-14-7-10-16(28(32)33)11-18(14)29(34)35/h1-12H,(H,26,31)(H,27,30)/b25-12-. The van der Waals surface area contributed by atoms with Crippen molar-refractivity contribution in [2.75, 3.05) is 5.32 Å². The molecule has 0 atom stereocenters. The average molecular weight is 524 g/mol. The van der Waals surface area contributed by atoms with E-state index in [-0.39, 0.29) is 17.0 Å². The third-order valence-corrected chi connectivity index (χ3v) is 6.61. The molecule has 0 aliphatic heterocycles. The second kappa shape index (κ2) is 10.3. The highest BCUT2D eigenvalue weighted by Crippen LogP contribution is 2.35. The lowest BCUT2D eigenvalue weighted by Gasteiger charge is -2.05. The van der Waals surface area contributed by atoms with E-state index >= 15 is 0 Å². The van der Waals surface area contributed by atoms with Crippen LogP contribution in [0.2, 0.25) is 5.02 Å². The number of thiophene rings is 1. The van der Waals surface area contributed by atoms with Crippen molar-refractivity contribution in [2.24, 2.45) is 5.10 Å². The van der Waals surface area contributed by atoms with E-state index in [0.717, 1.165) is 34.5 Å². The maximum absolute atomic E-state index is 12.7. The van der Waals surface area contributed by atoms with Crippen LogP contribution in [-0.2, 0) is 0 Å². The van der Waals surface area contributed by atoms with Crippen molar-refractivity contribution in [1.29, 1.82) is 0 Å². The molecule has 2 amide bonds.